The summed E-state index contributed by atoms with van der Waals surface area (Å²) >= 11 is 3.17. The summed E-state index contributed by atoms with van der Waals surface area (Å²) in [6, 6.07) is 4.60. The van der Waals surface area contributed by atoms with E-state index < -0.39 is 5.97 Å². The van der Waals surface area contributed by atoms with Gasteiger partial charge in [-0.1, -0.05) is 0 Å². The maximum absolute atomic E-state index is 12.1. The third-order valence-corrected chi connectivity index (χ3v) is 3.90. The molecule has 20 heavy (non-hydrogen) atoms. The first-order valence-electron chi connectivity index (χ1n) is 6.49. The van der Waals surface area contributed by atoms with E-state index in [1.54, 1.807) is 0 Å². The van der Waals surface area contributed by atoms with E-state index >= 15 is 0 Å². The molecule has 108 valence electrons. The molecule has 1 heterocycles. The van der Waals surface area contributed by atoms with Crippen LogP contribution in [0.2, 0.25) is 0 Å². The highest BCUT2D eigenvalue weighted by Crippen LogP contribution is 2.19. The van der Waals surface area contributed by atoms with Crippen LogP contribution in [0.5, 0.6) is 0 Å². The Balaban J connectivity index is 2.05. The zero-order chi connectivity index (χ0) is 14.5. The minimum atomic E-state index is -1.02. The van der Waals surface area contributed by atoms with E-state index in [2.05, 4.69) is 21.2 Å². The Morgan fingerprint density at radius 3 is 2.80 bits per heavy atom. The summed E-state index contributed by atoms with van der Waals surface area (Å²) in [5.41, 5.74) is 0.594. The van der Waals surface area contributed by atoms with Crippen LogP contribution >= 0.6 is 15.9 Å². The lowest BCUT2D eigenvalue weighted by Crippen LogP contribution is -2.35. The first kappa shape index (κ1) is 15.0. The second-order valence-electron chi connectivity index (χ2n) is 4.71. The maximum Gasteiger partial charge on any atom is 0.336 e. The minimum absolute atomic E-state index is 0.114. The van der Waals surface area contributed by atoms with Crippen LogP contribution in [0.1, 0.15) is 40.0 Å². The number of carbonyl (C=O) groups excluding carboxylic acids is 1. The molecule has 1 amide bonds. The Kier molecular flexibility index (Phi) is 5.14. The van der Waals surface area contributed by atoms with Crippen LogP contribution in [0.4, 0.5) is 0 Å². The van der Waals surface area contributed by atoms with E-state index in [0.29, 0.717) is 16.6 Å². The van der Waals surface area contributed by atoms with Gasteiger partial charge in [-0.3, -0.25) is 4.79 Å². The molecule has 1 aliphatic heterocycles. The second-order valence-corrected chi connectivity index (χ2v) is 5.57. The highest BCUT2D eigenvalue weighted by Gasteiger charge is 2.17. The fourth-order valence-electron chi connectivity index (χ4n) is 2.15. The van der Waals surface area contributed by atoms with E-state index in [1.165, 1.54) is 18.2 Å². The quantitative estimate of drug-likeness (QED) is 0.885. The SMILES string of the molecule is O=C(NC1CCCOCC1)c1ccc(C(=O)O)c(Br)c1. The molecule has 0 radical (unpaired) electrons. The molecule has 1 aromatic carbocycles. The molecule has 2 N–H and O–H groups in total. The highest BCUT2D eigenvalue weighted by molar-refractivity contribution is 9.10. The van der Waals surface area contributed by atoms with Gasteiger partial charge in [0, 0.05) is 29.3 Å². The zero-order valence-corrected chi connectivity index (χ0v) is 12.5. The van der Waals surface area contributed by atoms with Gasteiger partial charge in [-0.15, -0.1) is 0 Å². The van der Waals surface area contributed by atoms with Crippen molar-refractivity contribution >= 4 is 27.8 Å². The number of hydrogen-bond acceptors (Lipinski definition) is 3. The van der Waals surface area contributed by atoms with Gasteiger partial charge in [0.05, 0.1) is 5.56 Å². The van der Waals surface area contributed by atoms with E-state index in [-0.39, 0.29) is 17.5 Å². The van der Waals surface area contributed by atoms with Crippen molar-refractivity contribution in [2.45, 2.75) is 25.3 Å². The summed E-state index contributed by atoms with van der Waals surface area (Å²) in [6.07, 6.45) is 2.65. The Morgan fingerprint density at radius 1 is 1.30 bits per heavy atom. The number of halogens is 1. The van der Waals surface area contributed by atoms with Crippen LogP contribution < -0.4 is 5.32 Å². The van der Waals surface area contributed by atoms with Gasteiger partial charge in [-0.25, -0.2) is 4.79 Å². The van der Waals surface area contributed by atoms with Crippen molar-refractivity contribution in [2.24, 2.45) is 0 Å². The lowest BCUT2D eigenvalue weighted by Gasteiger charge is -2.15. The summed E-state index contributed by atoms with van der Waals surface area (Å²) in [4.78, 5) is 23.1. The van der Waals surface area contributed by atoms with Gasteiger partial charge in [0.1, 0.15) is 0 Å². The summed E-state index contributed by atoms with van der Waals surface area (Å²) < 4.78 is 5.75. The Bertz CT molecular complexity index is 510. The van der Waals surface area contributed by atoms with Crippen molar-refractivity contribution < 1.29 is 19.4 Å². The second kappa shape index (κ2) is 6.85. The average molecular weight is 342 g/mol. The number of aromatic carboxylic acids is 1. The molecular formula is C14H16BrNO4. The molecule has 1 aromatic rings. The van der Waals surface area contributed by atoms with Crippen LogP contribution in [-0.4, -0.2) is 36.2 Å². The number of nitrogens with one attached hydrogen (secondary N) is 1. The van der Waals surface area contributed by atoms with Gasteiger partial charge >= 0.3 is 5.97 Å². The van der Waals surface area contributed by atoms with Crippen molar-refractivity contribution in [2.75, 3.05) is 13.2 Å². The molecule has 1 fully saturated rings. The van der Waals surface area contributed by atoms with Crippen LogP contribution in [0.15, 0.2) is 22.7 Å². The molecule has 0 bridgehead atoms. The molecule has 0 aliphatic carbocycles. The predicted molar refractivity (Wildman–Crippen MR) is 77.0 cm³/mol. The summed E-state index contributed by atoms with van der Waals surface area (Å²) in [5.74, 6) is -1.21. The van der Waals surface area contributed by atoms with Gasteiger partial charge in [0.2, 0.25) is 0 Å². The molecule has 1 aliphatic rings. The van der Waals surface area contributed by atoms with E-state index in [0.717, 1.165) is 25.9 Å². The van der Waals surface area contributed by atoms with Crippen LogP contribution in [0, 0.1) is 0 Å². The standard InChI is InChI=1S/C14H16BrNO4/c15-12-8-9(3-4-11(12)14(18)19)13(17)16-10-2-1-6-20-7-5-10/h3-4,8,10H,1-2,5-7H2,(H,16,17)(H,18,19). The van der Waals surface area contributed by atoms with E-state index in [1.807, 2.05) is 0 Å². The maximum atomic E-state index is 12.1. The lowest BCUT2D eigenvalue weighted by molar-refractivity contribution is 0.0695. The summed E-state index contributed by atoms with van der Waals surface area (Å²) in [7, 11) is 0. The van der Waals surface area contributed by atoms with Crippen LogP contribution in [-0.2, 0) is 4.74 Å². The monoisotopic (exact) mass is 341 g/mol. The number of carboxylic acids is 1. The minimum Gasteiger partial charge on any atom is -0.478 e. The molecule has 6 heteroatoms. The third kappa shape index (κ3) is 3.80. The fourth-order valence-corrected chi connectivity index (χ4v) is 2.70. The summed E-state index contributed by atoms with van der Waals surface area (Å²) in [6.45, 7) is 1.40. The third-order valence-electron chi connectivity index (χ3n) is 3.25. The van der Waals surface area contributed by atoms with Crippen LogP contribution in [0.25, 0.3) is 0 Å². The zero-order valence-electron chi connectivity index (χ0n) is 10.9. The number of ether oxygens (including phenoxy) is 1. The Labute approximate surface area is 125 Å². The number of carbonyl (C=O) groups is 2. The fraction of sp³-hybridized carbons (Fsp3) is 0.429. The topological polar surface area (TPSA) is 75.6 Å². The first-order valence-corrected chi connectivity index (χ1v) is 7.28. The largest absolute Gasteiger partial charge is 0.478 e. The van der Waals surface area contributed by atoms with Crippen molar-refractivity contribution in [3.63, 3.8) is 0 Å². The number of carboxylic acid groups (broad SMARTS) is 1. The number of amides is 1. The van der Waals surface area contributed by atoms with Gasteiger partial charge in [0.25, 0.3) is 5.91 Å². The number of hydrogen-bond donors (Lipinski definition) is 2. The van der Waals surface area contributed by atoms with Gasteiger partial charge < -0.3 is 15.2 Å². The molecule has 0 spiro atoms. The van der Waals surface area contributed by atoms with Gasteiger partial charge in [0.15, 0.2) is 0 Å². The molecule has 1 saturated heterocycles. The summed E-state index contributed by atoms with van der Waals surface area (Å²) in [5, 5.41) is 11.9. The molecule has 1 atom stereocenters. The first-order chi connectivity index (χ1) is 9.58. The Hall–Kier alpha value is -1.40. The molecule has 5 nitrogen and oxygen atoms in total. The van der Waals surface area contributed by atoms with Gasteiger partial charge in [-0.05, 0) is 53.4 Å². The lowest BCUT2D eigenvalue weighted by atomic mass is 10.1. The Morgan fingerprint density at radius 2 is 2.10 bits per heavy atom. The molecule has 0 aromatic heterocycles. The van der Waals surface area contributed by atoms with Crippen molar-refractivity contribution in [3.8, 4) is 0 Å². The van der Waals surface area contributed by atoms with E-state index in [4.69, 9.17) is 9.84 Å². The average Bonchev–Trinajstić information content (AvgIpc) is 2.66. The normalized spacial score (nSPS) is 19.1. The molecular weight excluding hydrogens is 326 g/mol. The predicted octanol–water partition coefficient (Wildman–Crippen LogP) is 2.45. The van der Waals surface area contributed by atoms with Crippen molar-refractivity contribution in [1.29, 1.82) is 0 Å². The van der Waals surface area contributed by atoms with Gasteiger partial charge in [-0.2, -0.15) is 0 Å². The highest BCUT2D eigenvalue weighted by atomic mass is 79.9. The molecule has 1 unspecified atom stereocenters. The number of benzene rings is 1. The molecule has 2 rings (SSSR count). The smallest absolute Gasteiger partial charge is 0.336 e. The molecule has 0 saturated carbocycles. The van der Waals surface area contributed by atoms with Crippen molar-refractivity contribution in [1.82, 2.24) is 5.32 Å². The van der Waals surface area contributed by atoms with E-state index in [9.17, 15) is 9.59 Å². The van der Waals surface area contributed by atoms with Crippen LogP contribution in [0.3, 0.4) is 0 Å². The van der Waals surface area contributed by atoms with Crippen molar-refractivity contribution in [3.05, 3.63) is 33.8 Å². The number of rotatable bonds is 3.